The maximum Gasteiger partial charge on any atom is 0.323 e. The minimum atomic E-state index is -1.81. The lowest BCUT2D eigenvalue weighted by Crippen LogP contribution is -2.44. The number of nitrogens with zero attached hydrogens (tertiary/aromatic N) is 1. The number of carbonyl (C=O) groups is 2. The molecular weight excluding hydrogens is 262 g/mol. The number of ether oxygens (including phenoxy) is 2. The molecule has 1 heterocycles. The van der Waals surface area contributed by atoms with E-state index in [4.69, 9.17) is 9.47 Å². The Balaban J connectivity index is 3.14. The quantitative estimate of drug-likeness (QED) is 0.619. The molecule has 1 unspecified atom stereocenters. The minimum Gasteiger partial charge on any atom is -0.465 e. The molecule has 6 heteroatoms. The Hall–Kier alpha value is -1.95. The van der Waals surface area contributed by atoms with E-state index in [0.29, 0.717) is 0 Å². The number of aliphatic hydroxyl groups is 1. The molecule has 1 aromatic heterocycles. The molecule has 0 bridgehead atoms. The van der Waals surface area contributed by atoms with Crippen LogP contribution in [-0.4, -0.2) is 35.2 Å². The zero-order valence-corrected chi connectivity index (χ0v) is 11.8. The lowest BCUT2D eigenvalue weighted by atomic mass is 9.85. The second kappa shape index (κ2) is 7.00. The molecule has 0 spiro atoms. The molecule has 0 aliphatic rings. The number of rotatable bonds is 6. The molecule has 0 fully saturated rings. The van der Waals surface area contributed by atoms with Gasteiger partial charge in [0.1, 0.15) is 5.60 Å². The van der Waals surface area contributed by atoms with Crippen molar-refractivity contribution in [2.24, 2.45) is 5.92 Å². The summed E-state index contributed by atoms with van der Waals surface area (Å²) in [5.74, 6) is -3.14. The van der Waals surface area contributed by atoms with Gasteiger partial charge in [0.15, 0.2) is 5.92 Å². The summed E-state index contributed by atoms with van der Waals surface area (Å²) in [6, 6.07) is 4.86. The lowest BCUT2D eigenvalue weighted by Gasteiger charge is -2.29. The summed E-state index contributed by atoms with van der Waals surface area (Å²) in [6.07, 6.45) is 1.47. The highest BCUT2D eigenvalue weighted by atomic mass is 16.6. The first kappa shape index (κ1) is 16.1. The van der Waals surface area contributed by atoms with Crippen molar-refractivity contribution in [2.45, 2.75) is 26.4 Å². The van der Waals surface area contributed by atoms with Gasteiger partial charge in [-0.1, -0.05) is 6.07 Å². The average Bonchev–Trinajstić information content (AvgIpc) is 2.40. The Kier molecular flexibility index (Phi) is 5.64. The summed E-state index contributed by atoms with van der Waals surface area (Å²) in [4.78, 5) is 27.9. The molecule has 0 saturated carbocycles. The maximum absolute atomic E-state index is 12.0. The van der Waals surface area contributed by atoms with E-state index in [9.17, 15) is 14.7 Å². The third-order valence-corrected chi connectivity index (χ3v) is 2.79. The third kappa shape index (κ3) is 3.54. The fraction of sp³-hybridized carbons (Fsp3) is 0.500. The van der Waals surface area contributed by atoms with Crippen LogP contribution in [0, 0.1) is 5.92 Å². The Morgan fingerprint density at radius 3 is 2.20 bits per heavy atom. The van der Waals surface area contributed by atoms with E-state index in [1.54, 1.807) is 26.0 Å². The molecule has 1 N–H and O–H groups in total. The third-order valence-electron chi connectivity index (χ3n) is 2.79. The smallest absolute Gasteiger partial charge is 0.323 e. The summed E-state index contributed by atoms with van der Waals surface area (Å²) >= 11 is 0. The maximum atomic E-state index is 12.0. The number of aromatic nitrogens is 1. The van der Waals surface area contributed by atoms with Crippen molar-refractivity contribution in [3.63, 3.8) is 0 Å². The van der Waals surface area contributed by atoms with Gasteiger partial charge in [-0.25, -0.2) is 0 Å². The van der Waals surface area contributed by atoms with E-state index in [0.717, 1.165) is 0 Å². The van der Waals surface area contributed by atoms with Gasteiger partial charge >= 0.3 is 11.9 Å². The summed E-state index contributed by atoms with van der Waals surface area (Å²) < 4.78 is 9.70. The molecule has 0 aliphatic carbocycles. The van der Waals surface area contributed by atoms with E-state index in [-0.39, 0.29) is 18.9 Å². The fourth-order valence-corrected chi connectivity index (χ4v) is 1.82. The van der Waals surface area contributed by atoms with Crippen molar-refractivity contribution in [1.82, 2.24) is 4.98 Å². The van der Waals surface area contributed by atoms with Gasteiger partial charge in [0, 0.05) is 6.20 Å². The van der Waals surface area contributed by atoms with E-state index < -0.39 is 23.5 Å². The molecule has 20 heavy (non-hydrogen) atoms. The number of pyridine rings is 1. The van der Waals surface area contributed by atoms with Crippen LogP contribution in [0.25, 0.3) is 0 Å². The average molecular weight is 281 g/mol. The van der Waals surface area contributed by atoms with Crippen molar-refractivity contribution < 1.29 is 24.2 Å². The van der Waals surface area contributed by atoms with Gasteiger partial charge in [-0.15, -0.1) is 0 Å². The summed E-state index contributed by atoms with van der Waals surface area (Å²) in [7, 11) is 0. The molecule has 1 aromatic rings. The fourth-order valence-electron chi connectivity index (χ4n) is 1.82. The van der Waals surface area contributed by atoms with E-state index in [2.05, 4.69) is 4.98 Å². The van der Waals surface area contributed by atoms with Crippen molar-refractivity contribution in [3.05, 3.63) is 30.1 Å². The predicted octanol–water partition coefficient (Wildman–Crippen LogP) is 1.03. The first-order valence-electron chi connectivity index (χ1n) is 6.42. The van der Waals surface area contributed by atoms with Crippen LogP contribution in [-0.2, 0) is 24.7 Å². The highest BCUT2D eigenvalue weighted by Crippen LogP contribution is 2.30. The normalized spacial score (nSPS) is 13.7. The summed E-state index contributed by atoms with van der Waals surface area (Å²) in [6.45, 7) is 4.79. The Bertz CT molecular complexity index is 440. The zero-order chi connectivity index (χ0) is 15.2. The largest absolute Gasteiger partial charge is 0.465 e. The topological polar surface area (TPSA) is 85.7 Å². The first-order valence-corrected chi connectivity index (χ1v) is 6.42. The van der Waals surface area contributed by atoms with E-state index >= 15 is 0 Å². The second-order valence-corrected chi connectivity index (χ2v) is 4.30. The van der Waals surface area contributed by atoms with E-state index in [1.165, 1.54) is 19.2 Å². The molecule has 0 aromatic carbocycles. The lowest BCUT2D eigenvalue weighted by molar-refractivity contribution is -0.174. The molecule has 1 atom stereocenters. The van der Waals surface area contributed by atoms with Crippen molar-refractivity contribution >= 4 is 11.9 Å². The van der Waals surface area contributed by atoms with Gasteiger partial charge in [-0.3, -0.25) is 14.6 Å². The SMILES string of the molecule is CCOC(=O)C(C(=O)OCC)C(C)(O)c1ccccn1. The number of hydrogen-bond donors (Lipinski definition) is 1. The van der Waals surface area contributed by atoms with Gasteiger partial charge in [-0.2, -0.15) is 0 Å². The molecule has 0 amide bonds. The molecular formula is C14H19NO5. The number of hydrogen-bond acceptors (Lipinski definition) is 6. The van der Waals surface area contributed by atoms with Crippen LogP contribution in [0.4, 0.5) is 0 Å². The van der Waals surface area contributed by atoms with Gasteiger partial charge < -0.3 is 14.6 Å². The molecule has 110 valence electrons. The van der Waals surface area contributed by atoms with Crippen LogP contribution in [0.3, 0.4) is 0 Å². The molecule has 0 saturated heterocycles. The Labute approximate surface area is 117 Å². The van der Waals surface area contributed by atoms with Crippen LogP contribution in [0.5, 0.6) is 0 Å². The second-order valence-electron chi connectivity index (χ2n) is 4.30. The first-order chi connectivity index (χ1) is 9.45. The molecule has 0 radical (unpaired) electrons. The summed E-state index contributed by atoms with van der Waals surface area (Å²) in [5.41, 5.74) is -1.61. The van der Waals surface area contributed by atoms with Gasteiger partial charge in [-0.05, 0) is 32.9 Å². The van der Waals surface area contributed by atoms with Gasteiger partial charge in [0.2, 0.25) is 0 Å². The van der Waals surface area contributed by atoms with Crippen LogP contribution < -0.4 is 0 Å². The highest BCUT2D eigenvalue weighted by molar-refractivity contribution is 5.96. The highest BCUT2D eigenvalue weighted by Gasteiger charge is 2.47. The Morgan fingerprint density at radius 2 is 1.80 bits per heavy atom. The van der Waals surface area contributed by atoms with Gasteiger partial charge in [0.05, 0.1) is 18.9 Å². The van der Waals surface area contributed by atoms with Crippen LogP contribution in [0.1, 0.15) is 26.5 Å². The monoisotopic (exact) mass is 281 g/mol. The Morgan fingerprint density at radius 1 is 1.25 bits per heavy atom. The predicted molar refractivity (Wildman–Crippen MR) is 70.6 cm³/mol. The van der Waals surface area contributed by atoms with Crippen LogP contribution in [0.15, 0.2) is 24.4 Å². The number of carbonyl (C=O) groups excluding carboxylic acids is 2. The minimum absolute atomic E-state index is 0.104. The van der Waals surface area contributed by atoms with Crippen molar-refractivity contribution in [2.75, 3.05) is 13.2 Å². The standard InChI is InChI=1S/C14H19NO5/c1-4-19-12(16)11(13(17)20-5-2)14(3,18)10-8-6-7-9-15-10/h6-9,11,18H,4-5H2,1-3H3. The van der Waals surface area contributed by atoms with Crippen molar-refractivity contribution in [3.8, 4) is 0 Å². The van der Waals surface area contributed by atoms with E-state index in [1.807, 2.05) is 0 Å². The van der Waals surface area contributed by atoms with Crippen LogP contribution in [0.2, 0.25) is 0 Å². The molecule has 0 aliphatic heterocycles. The summed E-state index contributed by atoms with van der Waals surface area (Å²) in [5, 5.41) is 10.6. The van der Waals surface area contributed by atoms with Crippen LogP contribution >= 0.6 is 0 Å². The van der Waals surface area contributed by atoms with Crippen molar-refractivity contribution in [1.29, 1.82) is 0 Å². The molecule has 1 rings (SSSR count). The zero-order valence-electron chi connectivity index (χ0n) is 11.8. The van der Waals surface area contributed by atoms with Gasteiger partial charge in [0.25, 0.3) is 0 Å². The number of esters is 2. The molecule has 6 nitrogen and oxygen atoms in total.